The molecule has 160 valence electrons. The van der Waals surface area contributed by atoms with Crippen LogP contribution in [0.2, 0.25) is 0 Å². The maximum absolute atomic E-state index is 12.5. The van der Waals surface area contributed by atoms with E-state index >= 15 is 0 Å². The van der Waals surface area contributed by atoms with E-state index in [0.29, 0.717) is 37.5 Å². The number of rotatable bonds is 8. The standard InChI is InChI=1S/C23H28N2O5/c1-13(2)19-8-15-9-22(30-7-5-6-29-4)17(23(24)28)10-16(15)20-11-21(27)18(14(3)26)12-25(19)20/h9-13,19H,5-8H2,1-4H3,(H2,24,28). The Morgan fingerprint density at radius 1 is 1.20 bits per heavy atom. The van der Waals surface area contributed by atoms with Crippen LogP contribution in [0.25, 0.3) is 11.3 Å². The summed E-state index contributed by atoms with van der Waals surface area (Å²) in [6.07, 6.45) is 3.02. The number of carbonyl (C=O) groups excluding carboxylic acids is 2. The lowest BCUT2D eigenvalue weighted by Gasteiger charge is -2.34. The molecule has 1 atom stereocenters. The zero-order valence-corrected chi connectivity index (χ0v) is 17.9. The zero-order chi connectivity index (χ0) is 22.0. The highest BCUT2D eigenvalue weighted by Crippen LogP contribution is 2.40. The van der Waals surface area contributed by atoms with Gasteiger partial charge in [0.2, 0.25) is 0 Å². The normalized spacial score (nSPS) is 14.9. The molecule has 1 aromatic heterocycles. The maximum Gasteiger partial charge on any atom is 0.252 e. The lowest BCUT2D eigenvalue weighted by molar-refractivity contribution is 0.0992. The van der Waals surface area contributed by atoms with Crippen LogP contribution in [0.4, 0.5) is 0 Å². The monoisotopic (exact) mass is 412 g/mol. The second-order valence-electron chi connectivity index (χ2n) is 7.98. The Balaban J connectivity index is 2.15. The van der Waals surface area contributed by atoms with Crippen LogP contribution in [0, 0.1) is 5.92 Å². The van der Waals surface area contributed by atoms with Gasteiger partial charge in [-0.15, -0.1) is 0 Å². The first-order valence-electron chi connectivity index (χ1n) is 10.1. The number of nitrogens with two attached hydrogens (primary N) is 1. The maximum atomic E-state index is 12.5. The Kier molecular flexibility index (Phi) is 6.41. The largest absolute Gasteiger partial charge is 0.493 e. The first kappa shape index (κ1) is 21.8. The van der Waals surface area contributed by atoms with Crippen LogP contribution < -0.4 is 15.9 Å². The smallest absolute Gasteiger partial charge is 0.252 e. The SMILES string of the molecule is COCCCOc1cc2c(cc1C(N)=O)-c1cc(=O)c(C(C)=O)cn1C(C(C)C)C2. The summed E-state index contributed by atoms with van der Waals surface area (Å²) >= 11 is 0. The van der Waals surface area contributed by atoms with Crippen molar-refractivity contribution in [3.63, 3.8) is 0 Å². The molecule has 7 heteroatoms. The first-order chi connectivity index (χ1) is 14.2. The Morgan fingerprint density at radius 3 is 2.53 bits per heavy atom. The van der Waals surface area contributed by atoms with E-state index in [1.54, 1.807) is 19.4 Å². The summed E-state index contributed by atoms with van der Waals surface area (Å²) in [7, 11) is 1.62. The van der Waals surface area contributed by atoms with Gasteiger partial charge in [-0.1, -0.05) is 13.8 Å². The van der Waals surface area contributed by atoms with Crippen LogP contribution in [0.5, 0.6) is 5.75 Å². The van der Waals surface area contributed by atoms with Gasteiger partial charge < -0.3 is 19.8 Å². The highest BCUT2D eigenvalue weighted by molar-refractivity contribution is 5.98. The summed E-state index contributed by atoms with van der Waals surface area (Å²) in [6.45, 7) is 6.55. The Labute approximate surface area is 175 Å². The molecule has 1 aliphatic rings. The third-order valence-electron chi connectivity index (χ3n) is 5.51. The molecule has 1 amide bonds. The fourth-order valence-corrected chi connectivity index (χ4v) is 3.91. The van der Waals surface area contributed by atoms with Crippen LogP contribution in [-0.4, -0.2) is 36.6 Å². The van der Waals surface area contributed by atoms with Gasteiger partial charge in [0.05, 0.1) is 23.4 Å². The molecule has 2 N–H and O–H groups in total. The van der Waals surface area contributed by atoms with Gasteiger partial charge in [-0.25, -0.2) is 0 Å². The van der Waals surface area contributed by atoms with E-state index in [1.807, 2.05) is 10.6 Å². The molecule has 7 nitrogen and oxygen atoms in total. The summed E-state index contributed by atoms with van der Waals surface area (Å²) in [4.78, 5) is 36.6. The molecule has 30 heavy (non-hydrogen) atoms. The molecule has 1 aromatic carbocycles. The number of pyridine rings is 1. The molecule has 0 fully saturated rings. The third kappa shape index (κ3) is 4.16. The summed E-state index contributed by atoms with van der Waals surface area (Å²) in [5, 5.41) is 0. The quantitative estimate of drug-likeness (QED) is 0.531. The topological polar surface area (TPSA) is 101 Å². The van der Waals surface area contributed by atoms with Crippen molar-refractivity contribution >= 4 is 11.7 Å². The van der Waals surface area contributed by atoms with E-state index in [2.05, 4.69) is 13.8 Å². The minimum Gasteiger partial charge on any atom is -0.493 e. The Morgan fingerprint density at radius 2 is 1.93 bits per heavy atom. The fourth-order valence-electron chi connectivity index (χ4n) is 3.91. The minimum absolute atomic E-state index is 0.0620. The number of ether oxygens (including phenoxy) is 2. The molecule has 0 bridgehead atoms. The highest BCUT2D eigenvalue weighted by atomic mass is 16.5. The Bertz CT molecular complexity index is 1040. The Hall–Kier alpha value is -2.93. The molecule has 2 heterocycles. The minimum atomic E-state index is -0.597. The number of benzene rings is 1. The van der Waals surface area contributed by atoms with Crippen molar-refractivity contribution in [2.24, 2.45) is 11.7 Å². The fraction of sp³-hybridized carbons (Fsp3) is 0.435. The molecular formula is C23H28N2O5. The number of fused-ring (bicyclic) bond motifs is 3. The number of carbonyl (C=O) groups is 2. The molecular weight excluding hydrogens is 384 g/mol. The summed E-state index contributed by atoms with van der Waals surface area (Å²) in [5.74, 6) is -0.155. The second-order valence-corrected chi connectivity index (χ2v) is 7.98. The van der Waals surface area contributed by atoms with Gasteiger partial charge in [-0.3, -0.25) is 14.4 Å². The van der Waals surface area contributed by atoms with Crippen molar-refractivity contribution in [1.29, 1.82) is 0 Å². The second kappa shape index (κ2) is 8.83. The van der Waals surface area contributed by atoms with Crippen LogP contribution in [0.3, 0.4) is 0 Å². The van der Waals surface area contributed by atoms with Crippen molar-refractivity contribution in [3.8, 4) is 17.0 Å². The number of methoxy groups -OCH3 is 1. The van der Waals surface area contributed by atoms with E-state index in [9.17, 15) is 14.4 Å². The average molecular weight is 412 g/mol. The van der Waals surface area contributed by atoms with E-state index in [0.717, 1.165) is 11.1 Å². The number of ketones is 1. The van der Waals surface area contributed by atoms with Gasteiger partial charge in [-0.05, 0) is 37.0 Å². The first-order valence-corrected chi connectivity index (χ1v) is 10.1. The van der Waals surface area contributed by atoms with Crippen molar-refractivity contribution in [2.75, 3.05) is 20.3 Å². The molecule has 0 spiro atoms. The van der Waals surface area contributed by atoms with Crippen molar-refractivity contribution in [2.45, 2.75) is 39.7 Å². The van der Waals surface area contributed by atoms with E-state index in [-0.39, 0.29) is 34.3 Å². The van der Waals surface area contributed by atoms with Crippen LogP contribution in [-0.2, 0) is 11.2 Å². The predicted octanol–water partition coefficient (Wildman–Crippen LogP) is 2.99. The molecule has 1 aliphatic heterocycles. The summed E-state index contributed by atoms with van der Waals surface area (Å²) in [5.41, 5.74) is 8.14. The van der Waals surface area contributed by atoms with Gasteiger partial charge in [0.25, 0.3) is 5.91 Å². The number of hydrogen-bond donors (Lipinski definition) is 1. The molecule has 2 aromatic rings. The lowest BCUT2D eigenvalue weighted by atomic mass is 9.86. The predicted molar refractivity (Wildman–Crippen MR) is 114 cm³/mol. The molecule has 1 unspecified atom stereocenters. The third-order valence-corrected chi connectivity index (χ3v) is 5.51. The van der Waals surface area contributed by atoms with Crippen molar-refractivity contribution in [1.82, 2.24) is 4.57 Å². The summed E-state index contributed by atoms with van der Waals surface area (Å²) in [6, 6.07) is 5.09. The molecule has 0 radical (unpaired) electrons. The van der Waals surface area contributed by atoms with E-state index < -0.39 is 5.91 Å². The zero-order valence-electron chi connectivity index (χ0n) is 17.9. The molecule has 0 saturated carbocycles. The van der Waals surface area contributed by atoms with Gasteiger partial charge in [-0.2, -0.15) is 0 Å². The molecule has 0 aliphatic carbocycles. The van der Waals surface area contributed by atoms with Gasteiger partial charge in [0.1, 0.15) is 5.75 Å². The van der Waals surface area contributed by atoms with Gasteiger partial charge >= 0.3 is 0 Å². The molecule has 0 saturated heterocycles. The lowest BCUT2D eigenvalue weighted by Crippen LogP contribution is -2.28. The van der Waals surface area contributed by atoms with E-state index in [4.69, 9.17) is 15.2 Å². The van der Waals surface area contributed by atoms with Crippen molar-refractivity contribution < 1.29 is 19.1 Å². The number of primary amides is 1. The number of hydrogen-bond acceptors (Lipinski definition) is 5. The number of aromatic nitrogens is 1. The number of Topliss-reactive ketones (excluding diaryl/α,β-unsaturated/α-hetero) is 1. The van der Waals surface area contributed by atoms with Gasteiger partial charge in [0, 0.05) is 44.0 Å². The highest BCUT2D eigenvalue weighted by Gasteiger charge is 2.29. The van der Waals surface area contributed by atoms with E-state index in [1.165, 1.54) is 13.0 Å². The number of nitrogens with zero attached hydrogens (tertiary/aromatic N) is 1. The molecule has 3 rings (SSSR count). The van der Waals surface area contributed by atoms with Gasteiger partial charge in [0.15, 0.2) is 11.2 Å². The van der Waals surface area contributed by atoms with Crippen LogP contribution in [0.15, 0.2) is 29.2 Å². The summed E-state index contributed by atoms with van der Waals surface area (Å²) < 4.78 is 12.8. The van der Waals surface area contributed by atoms with Crippen molar-refractivity contribution in [3.05, 3.63) is 51.3 Å². The van der Waals surface area contributed by atoms with Crippen LogP contribution in [0.1, 0.15) is 59.5 Å². The van der Waals surface area contributed by atoms with Crippen LogP contribution >= 0.6 is 0 Å². The average Bonchev–Trinajstić information content (AvgIpc) is 2.69. The number of amides is 1.